The molecule has 0 aromatic carbocycles. The minimum atomic E-state index is -0.0543. The second-order valence-electron chi connectivity index (χ2n) is 5.66. The molecule has 112 valence electrons. The van der Waals surface area contributed by atoms with Gasteiger partial charge in [0, 0.05) is 19.1 Å². The molecule has 0 radical (unpaired) electrons. The zero-order valence-corrected chi connectivity index (χ0v) is 13.2. The van der Waals surface area contributed by atoms with Crippen LogP contribution in [0.5, 0.6) is 0 Å². The molecule has 5 nitrogen and oxygen atoms in total. The summed E-state index contributed by atoms with van der Waals surface area (Å²) in [6.45, 7) is 11.9. The molecule has 1 aromatic rings. The lowest BCUT2D eigenvalue weighted by Crippen LogP contribution is -2.40. The Morgan fingerprint density at radius 3 is 2.55 bits per heavy atom. The molecule has 1 N–H and O–H groups in total. The Labute approximate surface area is 121 Å². The van der Waals surface area contributed by atoms with Crippen molar-refractivity contribution in [2.24, 2.45) is 5.92 Å². The van der Waals surface area contributed by atoms with E-state index in [-0.39, 0.29) is 11.9 Å². The van der Waals surface area contributed by atoms with Crippen LogP contribution in [0.3, 0.4) is 0 Å². The van der Waals surface area contributed by atoms with Gasteiger partial charge >= 0.3 is 0 Å². The van der Waals surface area contributed by atoms with Crippen molar-refractivity contribution < 1.29 is 4.79 Å². The van der Waals surface area contributed by atoms with E-state index in [1.54, 1.807) is 6.20 Å². The highest BCUT2D eigenvalue weighted by molar-refractivity contribution is 5.92. The summed E-state index contributed by atoms with van der Waals surface area (Å²) in [4.78, 5) is 22.9. The third-order valence-corrected chi connectivity index (χ3v) is 2.86. The molecule has 0 aliphatic heterocycles. The highest BCUT2D eigenvalue weighted by Gasteiger charge is 2.21. The van der Waals surface area contributed by atoms with E-state index in [1.807, 2.05) is 18.7 Å². The highest BCUT2D eigenvalue weighted by atomic mass is 16.2. The monoisotopic (exact) mass is 278 g/mol. The van der Waals surface area contributed by atoms with Crippen LogP contribution >= 0.6 is 0 Å². The molecule has 0 fully saturated rings. The molecule has 0 bridgehead atoms. The lowest BCUT2D eigenvalue weighted by molar-refractivity contribution is 0.0675. The van der Waals surface area contributed by atoms with Crippen molar-refractivity contribution in [3.63, 3.8) is 0 Å². The molecule has 1 amide bonds. The van der Waals surface area contributed by atoms with Gasteiger partial charge in [-0.2, -0.15) is 0 Å². The quantitative estimate of drug-likeness (QED) is 0.833. The van der Waals surface area contributed by atoms with E-state index in [9.17, 15) is 4.79 Å². The number of amides is 1. The van der Waals surface area contributed by atoms with Crippen molar-refractivity contribution in [2.75, 3.05) is 18.4 Å². The third-order valence-electron chi connectivity index (χ3n) is 2.86. The summed E-state index contributed by atoms with van der Waals surface area (Å²) in [5.41, 5.74) is 0.403. The van der Waals surface area contributed by atoms with E-state index in [4.69, 9.17) is 0 Å². The number of hydrogen-bond donors (Lipinski definition) is 1. The first-order valence-electron chi connectivity index (χ1n) is 7.32. The van der Waals surface area contributed by atoms with Crippen molar-refractivity contribution in [1.29, 1.82) is 0 Å². The number of aromatic nitrogens is 2. The molecular weight excluding hydrogens is 252 g/mol. The van der Waals surface area contributed by atoms with Gasteiger partial charge in [-0.3, -0.25) is 9.78 Å². The number of rotatable bonds is 7. The molecule has 5 heteroatoms. The molecule has 1 rings (SSSR count). The lowest BCUT2D eigenvalue weighted by Gasteiger charge is -2.28. The topological polar surface area (TPSA) is 58.1 Å². The molecular formula is C15H26N4O. The van der Waals surface area contributed by atoms with Crippen molar-refractivity contribution in [2.45, 2.75) is 47.1 Å². The molecule has 0 unspecified atom stereocenters. The highest BCUT2D eigenvalue weighted by Crippen LogP contribution is 2.11. The summed E-state index contributed by atoms with van der Waals surface area (Å²) < 4.78 is 0. The van der Waals surface area contributed by atoms with Gasteiger partial charge in [0.05, 0.1) is 12.4 Å². The fourth-order valence-electron chi connectivity index (χ4n) is 1.88. The largest absolute Gasteiger partial charge is 0.369 e. The fraction of sp³-hybridized carbons (Fsp3) is 0.667. The van der Waals surface area contributed by atoms with Crippen LogP contribution in [0.15, 0.2) is 12.4 Å². The number of carbonyl (C=O) groups is 1. The smallest absolute Gasteiger partial charge is 0.274 e. The Balaban J connectivity index is 2.88. The summed E-state index contributed by atoms with van der Waals surface area (Å²) in [7, 11) is 0. The van der Waals surface area contributed by atoms with Crippen LogP contribution < -0.4 is 5.32 Å². The molecule has 1 aromatic heterocycles. The van der Waals surface area contributed by atoms with Crippen LogP contribution in [-0.2, 0) is 0 Å². The summed E-state index contributed by atoms with van der Waals surface area (Å²) >= 11 is 0. The van der Waals surface area contributed by atoms with Crippen LogP contribution in [0.2, 0.25) is 0 Å². The Morgan fingerprint density at radius 1 is 1.30 bits per heavy atom. The Morgan fingerprint density at radius 2 is 2.00 bits per heavy atom. The molecule has 0 saturated heterocycles. The minimum Gasteiger partial charge on any atom is -0.369 e. The molecule has 0 spiro atoms. The summed E-state index contributed by atoms with van der Waals surface area (Å²) in [6.07, 6.45) is 4.19. The van der Waals surface area contributed by atoms with Gasteiger partial charge in [-0.1, -0.05) is 20.8 Å². The maximum Gasteiger partial charge on any atom is 0.274 e. The van der Waals surface area contributed by atoms with Gasteiger partial charge in [-0.15, -0.1) is 0 Å². The first kappa shape index (κ1) is 16.4. The van der Waals surface area contributed by atoms with E-state index >= 15 is 0 Å². The van der Waals surface area contributed by atoms with E-state index in [2.05, 4.69) is 36.1 Å². The van der Waals surface area contributed by atoms with Crippen LogP contribution in [0.1, 0.15) is 51.5 Å². The first-order valence-corrected chi connectivity index (χ1v) is 7.32. The number of carbonyl (C=O) groups excluding carboxylic acids is 1. The average molecular weight is 278 g/mol. The maximum atomic E-state index is 12.5. The Bertz CT molecular complexity index is 432. The van der Waals surface area contributed by atoms with Crippen LogP contribution in [-0.4, -0.2) is 39.9 Å². The van der Waals surface area contributed by atoms with E-state index in [0.29, 0.717) is 17.4 Å². The lowest BCUT2D eigenvalue weighted by atomic mass is 10.1. The summed E-state index contributed by atoms with van der Waals surface area (Å²) in [6, 6.07) is 0.152. The van der Waals surface area contributed by atoms with Crippen molar-refractivity contribution in [1.82, 2.24) is 14.9 Å². The first-order chi connectivity index (χ1) is 9.45. The SMILES string of the molecule is CCCNc1cncc(C(=O)N(CC(C)C)C(C)C)n1. The zero-order valence-electron chi connectivity index (χ0n) is 13.2. The Hall–Kier alpha value is -1.65. The predicted octanol–water partition coefficient (Wildman–Crippen LogP) is 2.81. The maximum absolute atomic E-state index is 12.5. The molecule has 0 saturated carbocycles. The number of nitrogens with zero attached hydrogens (tertiary/aromatic N) is 3. The van der Waals surface area contributed by atoms with E-state index < -0.39 is 0 Å². The van der Waals surface area contributed by atoms with Crippen LogP contribution in [0.4, 0.5) is 5.82 Å². The number of anilines is 1. The third kappa shape index (κ3) is 4.79. The van der Waals surface area contributed by atoms with Crippen LogP contribution in [0, 0.1) is 5.92 Å². The molecule has 20 heavy (non-hydrogen) atoms. The van der Waals surface area contributed by atoms with Crippen molar-refractivity contribution in [3.8, 4) is 0 Å². The normalized spacial score (nSPS) is 10.9. The van der Waals surface area contributed by atoms with Gasteiger partial charge in [0.2, 0.25) is 0 Å². The van der Waals surface area contributed by atoms with Crippen molar-refractivity contribution in [3.05, 3.63) is 18.1 Å². The number of hydrogen-bond acceptors (Lipinski definition) is 4. The van der Waals surface area contributed by atoms with Crippen LogP contribution in [0.25, 0.3) is 0 Å². The zero-order chi connectivity index (χ0) is 15.1. The van der Waals surface area contributed by atoms with Gasteiger partial charge < -0.3 is 10.2 Å². The van der Waals surface area contributed by atoms with E-state index in [1.165, 1.54) is 6.20 Å². The molecule has 0 aliphatic carbocycles. The van der Waals surface area contributed by atoms with Gasteiger partial charge in [0.1, 0.15) is 11.5 Å². The predicted molar refractivity (Wildman–Crippen MR) is 81.8 cm³/mol. The van der Waals surface area contributed by atoms with E-state index in [0.717, 1.165) is 19.5 Å². The van der Waals surface area contributed by atoms with Gasteiger partial charge in [0.15, 0.2) is 0 Å². The van der Waals surface area contributed by atoms with Crippen molar-refractivity contribution >= 4 is 11.7 Å². The second-order valence-corrected chi connectivity index (χ2v) is 5.66. The average Bonchev–Trinajstić information content (AvgIpc) is 2.41. The fourth-order valence-corrected chi connectivity index (χ4v) is 1.88. The summed E-state index contributed by atoms with van der Waals surface area (Å²) in [5, 5.41) is 3.15. The molecule has 0 atom stereocenters. The van der Waals surface area contributed by atoms with Gasteiger partial charge in [0.25, 0.3) is 5.91 Å². The second kappa shape index (κ2) is 7.82. The molecule has 0 aliphatic rings. The summed E-state index contributed by atoms with van der Waals surface area (Å²) in [5.74, 6) is 1.03. The van der Waals surface area contributed by atoms with Gasteiger partial charge in [-0.05, 0) is 26.2 Å². The van der Waals surface area contributed by atoms with Gasteiger partial charge in [-0.25, -0.2) is 4.98 Å². The number of nitrogens with one attached hydrogen (secondary N) is 1. The standard InChI is InChI=1S/C15H26N4O/c1-6-7-17-14-9-16-8-13(18-14)15(20)19(12(4)5)10-11(2)3/h8-9,11-12H,6-7,10H2,1-5H3,(H,17,18). The Kier molecular flexibility index (Phi) is 6.42. The molecule has 1 heterocycles. The minimum absolute atomic E-state index is 0.0543.